The predicted octanol–water partition coefficient (Wildman–Crippen LogP) is 2.45. The highest BCUT2D eigenvalue weighted by Crippen LogP contribution is 2.09. The SMILES string of the molecule is CN=C(NCCCc1ccccc1)NCc1ccnc(N(C)C)c1. The maximum Gasteiger partial charge on any atom is 0.191 e. The molecule has 1 aromatic heterocycles. The van der Waals surface area contributed by atoms with E-state index in [9.17, 15) is 0 Å². The normalized spacial score (nSPS) is 11.2. The molecule has 1 heterocycles. The van der Waals surface area contributed by atoms with Crippen molar-refractivity contribution in [1.82, 2.24) is 15.6 Å². The first-order chi connectivity index (χ1) is 11.7. The van der Waals surface area contributed by atoms with Gasteiger partial charge in [0.25, 0.3) is 0 Å². The van der Waals surface area contributed by atoms with E-state index in [0.717, 1.165) is 37.7 Å². The van der Waals surface area contributed by atoms with Gasteiger partial charge in [-0.25, -0.2) is 4.98 Å². The van der Waals surface area contributed by atoms with Crippen LogP contribution in [0.25, 0.3) is 0 Å². The van der Waals surface area contributed by atoms with Gasteiger partial charge in [0, 0.05) is 40.4 Å². The average Bonchev–Trinajstić information content (AvgIpc) is 2.62. The van der Waals surface area contributed by atoms with Crippen molar-refractivity contribution in [3.05, 3.63) is 59.8 Å². The Morgan fingerprint density at radius 2 is 1.88 bits per heavy atom. The van der Waals surface area contributed by atoms with Gasteiger partial charge in [-0.2, -0.15) is 0 Å². The number of nitrogens with one attached hydrogen (secondary N) is 2. The van der Waals surface area contributed by atoms with Crippen LogP contribution >= 0.6 is 0 Å². The molecule has 0 spiro atoms. The standard InChI is InChI=1S/C19H27N5/c1-20-19(22-12-7-10-16-8-5-4-6-9-16)23-15-17-11-13-21-18(14-17)24(2)3/h4-6,8-9,11,13-14H,7,10,12,15H2,1-3H3,(H2,20,22,23). The van der Waals surface area contributed by atoms with Crippen LogP contribution in [0.15, 0.2) is 53.7 Å². The number of aliphatic imine (C=N–C) groups is 1. The highest BCUT2D eigenvalue weighted by atomic mass is 15.2. The van der Waals surface area contributed by atoms with E-state index in [2.05, 4.69) is 50.9 Å². The molecule has 0 saturated heterocycles. The monoisotopic (exact) mass is 325 g/mol. The minimum atomic E-state index is 0.724. The van der Waals surface area contributed by atoms with Crippen molar-refractivity contribution < 1.29 is 0 Å². The summed E-state index contributed by atoms with van der Waals surface area (Å²) in [6, 6.07) is 14.6. The van der Waals surface area contributed by atoms with Gasteiger partial charge in [0.1, 0.15) is 5.82 Å². The number of hydrogen-bond acceptors (Lipinski definition) is 3. The van der Waals surface area contributed by atoms with Crippen molar-refractivity contribution in [3.63, 3.8) is 0 Å². The fourth-order valence-corrected chi connectivity index (χ4v) is 2.37. The Labute approximate surface area is 144 Å². The number of guanidine groups is 1. The van der Waals surface area contributed by atoms with Gasteiger partial charge < -0.3 is 15.5 Å². The van der Waals surface area contributed by atoms with E-state index >= 15 is 0 Å². The third kappa shape index (κ3) is 5.91. The molecule has 5 heteroatoms. The van der Waals surface area contributed by atoms with E-state index in [0.29, 0.717) is 0 Å². The molecule has 128 valence electrons. The van der Waals surface area contributed by atoms with Gasteiger partial charge in [0.2, 0.25) is 0 Å². The lowest BCUT2D eigenvalue weighted by Crippen LogP contribution is -2.37. The fourth-order valence-electron chi connectivity index (χ4n) is 2.37. The molecule has 0 amide bonds. The number of rotatable bonds is 7. The maximum absolute atomic E-state index is 4.33. The zero-order chi connectivity index (χ0) is 17.2. The molecule has 0 aliphatic rings. The van der Waals surface area contributed by atoms with Crippen molar-refractivity contribution in [2.45, 2.75) is 19.4 Å². The van der Waals surface area contributed by atoms with Crippen LogP contribution in [0.2, 0.25) is 0 Å². The molecule has 5 nitrogen and oxygen atoms in total. The summed E-state index contributed by atoms with van der Waals surface area (Å²) in [6.45, 7) is 1.62. The summed E-state index contributed by atoms with van der Waals surface area (Å²) < 4.78 is 0. The highest BCUT2D eigenvalue weighted by Gasteiger charge is 2.01. The summed E-state index contributed by atoms with van der Waals surface area (Å²) in [7, 11) is 5.78. The number of hydrogen-bond donors (Lipinski definition) is 2. The molecule has 2 rings (SSSR count). The molecule has 2 N–H and O–H groups in total. The first-order valence-electron chi connectivity index (χ1n) is 8.29. The molecule has 0 radical (unpaired) electrons. The van der Waals surface area contributed by atoms with Gasteiger partial charge in [-0.3, -0.25) is 4.99 Å². The Morgan fingerprint density at radius 1 is 1.08 bits per heavy atom. The molecular formula is C19H27N5. The molecule has 0 aliphatic heterocycles. The van der Waals surface area contributed by atoms with Gasteiger partial charge in [-0.05, 0) is 36.1 Å². The molecule has 0 atom stereocenters. The van der Waals surface area contributed by atoms with Gasteiger partial charge in [-0.1, -0.05) is 30.3 Å². The van der Waals surface area contributed by atoms with Gasteiger partial charge in [-0.15, -0.1) is 0 Å². The number of nitrogens with zero attached hydrogens (tertiary/aromatic N) is 3. The Kier molecular flexibility index (Phi) is 7.08. The summed E-state index contributed by atoms with van der Waals surface area (Å²) in [5.74, 6) is 1.78. The molecule has 0 fully saturated rings. The fraction of sp³-hybridized carbons (Fsp3) is 0.368. The van der Waals surface area contributed by atoms with Gasteiger partial charge >= 0.3 is 0 Å². The maximum atomic E-state index is 4.33. The molecule has 1 aromatic carbocycles. The van der Waals surface area contributed by atoms with Crippen LogP contribution in [-0.4, -0.2) is 38.6 Å². The molecule has 0 saturated carbocycles. The van der Waals surface area contributed by atoms with Crippen LogP contribution < -0.4 is 15.5 Å². The lowest BCUT2D eigenvalue weighted by molar-refractivity contribution is 0.742. The average molecular weight is 325 g/mol. The van der Waals surface area contributed by atoms with E-state index in [-0.39, 0.29) is 0 Å². The lowest BCUT2D eigenvalue weighted by atomic mass is 10.1. The predicted molar refractivity (Wildman–Crippen MR) is 102 cm³/mol. The zero-order valence-corrected chi connectivity index (χ0v) is 14.8. The van der Waals surface area contributed by atoms with Crippen LogP contribution in [0.3, 0.4) is 0 Å². The van der Waals surface area contributed by atoms with Crippen molar-refractivity contribution in [2.24, 2.45) is 4.99 Å². The Morgan fingerprint density at radius 3 is 2.58 bits per heavy atom. The molecule has 0 bridgehead atoms. The Hall–Kier alpha value is -2.56. The second-order valence-electron chi connectivity index (χ2n) is 5.86. The van der Waals surface area contributed by atoms with Crippen LogP contribution in [0.5, 0.6) is 0 Å². The van der Waals surface area contributed by atoms with E-state index in [1.54, 1.807) is 7.05 Å². The number of aryl methyl sites for hydroxylation is 1. The van der Waals surface area contributed by atoms with E-state index in [4.69, 9.17) is 0 Å². The first kappa shape index (κ1) is 17.8. The molecule has 24 heavy (non-hydrogen) atoms. The highest BCUT2D eigenvalue weighted by molar-refractivity contribution is 5.79. The van der Waals surface area contributed by atoms with Crippen LogP contribution in [0.4, 0.5) is 5.82 Å². The van der Waals surface area contributed by atoms with Crippen molar-refractivity contribution in [3.8, 4) is 0 Å². The molecule has 0 aliphatic carbocycles. The number of benzene rings is 1. The third-order valence-electron chi connectivity index (χ3n) is 3.73. The van der Waals surface area contributed by atoms with Crippen molar-refractivity contribution >= 4 is 11.8 Å². The summed E-state index contributed by atoms with van der Waals surface area (Å²) >= 11 is 0. The minimum absolute atomic E-state index is 0.724. The summed E-state index contributed by atoms with van der Waals surface area (Å²) in [4.78, 5) is 10.6. The first-order valence-corrected chi connectivity index (χ1v) is 8.29. The lowest BCUT2D eigenvalue weighted by Gasteiger charge is -2.14. The van der Waals surface area contributed by atoms with Crippen molar-refractivity contribution in [1.29, 1.82) is 0 Å². The topological polar surface area (TPSA) is 52.6 Å². The second-order valence-corrected chi connectivity index (χ2v) is 5.86. The van der Waals surface area contributed by atoms with Gasteiger partial charge in [0.15, 0.2) is 5.96 Å². The number of pyridine rings is 1. The van der Waals surface area contributed by atoms with Crippen LogP contribution in [-0.2, 0) is 13.0 Å². The minimum Gasteiger partial charge on any atom is -0.363 e. The summed E-state index contributed by atoms with van der Waals surface area (Å²) in [6.07, 6.45) is 3.98. The Bertz CT molecular complexity index is 637. The number of aromatic nitrogens is 1. The van der Waals surface area contributed by atoms with E-state index in [1.807, 2.05) is 37.3 Å². The van der Waals surface area contributed by atoms with E-state index < -0.39 is 0 Å². The van der Waals surface area contributed by atoms with Gasteiger partial charge in [0.05, 0.1) is 0 Å². The summed E-state index contributed by atoms with van der Waals surface area (Å²) in [5.41, 5.74) is 2.55. The molecule has 0 unspecified atom stereocenters. The van der Waals surface area contributed by atoms with Crippen LogP contribution in [0.1, 0.15) is 17.5 Å². The van der Waals surface area contributed by atoms with E-state index in [1.165, 1.54) is 11.1 Å². The number of anilines is 1. The summed E-state index contributed by atoms with van der Waals surface area (Å²) in [5, 5.41) is 6.70. The Balaban J connectivity index is 1.73. The van der Waals surface area contributed by atoms with Crippen molar-refractivity contribution in [2.75, 3.05) is 32.6 Å². The zero-order valence-electron chi connectivity index (χ0n) is 14.8. The molecular weight excluding hydrogens is 298 g/mol. The largest absolute Gasteiger partial charge is 0.363 e. The second kappa shape index (κ2) is 9.55. The smallest absolute Gasteiger partial charge is 0.191 e. The third-order valence-corrected chi connectivity index (χ3v) is 3.73. The quantitative estimate of drug-likeness (QED) is 0.466. The van der Waals surface area contributed by atoms with Crippen LogP contribution in [0, 0.1) is 0 Å². The molecule has 2 aromatic rings.